The van der Waals surface area contributed by atoms with Gasteiger partial charge in [-0.25, -0.2) is 13.1 Å². The molecular formula is C21H29N3O2S. The van der Waals surface area contributed by atoms with E-state index in [0.717, 1.165) is 38.4 Å². The minimum absolute atomic E-state index is 0.452. The van der Waals surface area contributed by atoms with Crippen LogP contribution in [0.15, 0.2) is 48.8 Å². The molecule has 5 nitrogen and oxygen atoms in total. The monoisotopic (exact) mass is 387 g/mol. The summed E-state index contributed by atoms with van der Waals surface area (Å²) in [6.45, 7) is 3.74. The molecule has 1 aromatic carbocycles. The molecule has 1 saturated heterocycles. The fraction of sp³-hybridized carbons (Fsp3) is 0.476. The maximum absolute atomic E-state index is 11.1. The fourth-order valence-corrected chi connectivity index (χ4v) is 4.13. The van der Waals surface area contributed by atoms with Gasteiger partial charge in [-0.1, -0.05) is 30.3 Å². The number of nitrogens with zero attached hydrogens (tertiary/aromatic N) is 2. The molecule has 1 N–H and O–H groups in total. The lowest BCUT2D eigenvalue weighted by atomic mass is 9.89. The summed E-state index contributed by atoms with van der Waals surface area (Å²) in [5, 5.41) is 0. The molecular weight excluding hydrogens is 358 g/mol. The smallest absolute Gasteiger partial charge is 0.208 e. The number of likely N-dealkylation sites (tertiary alicyclic amines) is 1. The van der Waals surface area contributed by atoms with Gasteiger partial charge in [0.1, 0.15) is 0 Å². The number of hydrogen-bond donors (Lipinski definition) is 1. The molecule has 1 fully saturated rings. The minimum atomic E-state index is -3.10. The van der Waals surface area contributed by atoms with Gasteiger partial charge in [-0.15, -0.1) is 0 Å². The number of hydrogen-bond acceptors (Lipinski definition) is 4. The number of piperidine rings is 1. The highest BCUT2D eigenvalue weighted by molar-refractivity contribution is 7.88. The van der Waals surface area contributed by atoms with Gasteiger partial charge in [0.15, 0.2) is 0 Å². The molecule has 0 saturated carbocycles. The van der Waals surface area contributed by atoms with E-state index in [1.54, 1.807) is 0 Å². The van der Waals surface area contributed by atoms with Crippen molar-refractivity contribution in [2.45, 2.75) is 32.2 Å². The van der Waals surface area contributed by atoms with Crippen LogP contribution >= 0.6 is 0 Å². The summed E-state index contributed by atoms with van der Waals surface area (Å²) in [6, 6.07) is 12.8. The van der Waals surface area contributed by atoms with E-state index in [4.69, 9.17) is 0 Å². The number of aromatic nitrogens is 1. The standard InChI is InChI=1S/C21H29N3O2S/c1-27(25,26)23-12-8-18-4-6-19(7-5-18)15-20-9-13-24(14-10-20)17-21-3-2-11-22-16-21/h2-7,11,16,20,23H,8-10,12-15,17H2,1H3. The lowest BCUT2D eigenvalue weighted by Gasteiger charge is -2.32. The van der Waals surface area contributed by atoms with Crippen molar-refractivity contribution >= 4 is 10.0 Å². The number of sulfonamides is 1. The van der Waals surface area contributed by atoms with Crippen LogP contribution in [0.1, 0.15) is 29.5 Å². The largest absolute Gasteiger partial charge is 0.299 e. The summed E-state index contributed by atoms with van der Waals surface area (Å²) in [5.74, 6) is 0.743. The van der Waals surface area contributed by atoms with Gasteiger partial charge < -0.3 is 0 Å². The molecule has 2 aromatic rings. The van der Waals surface area contributed by atoms with Crippen LogP contribution in [0.4, 0.5) is 0 Å². The molecule has 27 heavy (non-hydrogen) atoms. The van der Waals surface area contributed by atoms with E-state index in [9.17, 15) is 8.42 Å². The SMILES string of the molecule is CS(=O)(=O)NCCc1ccc(CC2CCN(Cc3cccnc3)CC2)cc1. The van der Waals surface area contributed by atoms with Crippen LogP contribution in [-0.4, -0.2) is 44.2 Å². The zero-order valence-corrected chi connectivity index (χ0v) is 16.8. The molecule has 0 bridgehead atoms. The van der Waals surface area contributed by atoms with Crippen molar-refractivity contribution in [3.63, 3.8) is 0 Å². The first-order valence-corrected chi connectivity index (χ1v) is 11.5. The highest BCUT2D eigenvalue weighted by atomic mass is 32.2. The van der Waals surface area contributed by atoms with Crippen molar-refractivity contribution in [3.05, 3.63) is 65.5 Å². The average molecular weight is 388 g/mol. The Labute approximate surface area is 162 Å². The van der Waals surface area contributed by atoms with E-state index >= 15 is 0 Å². The minimum Gasteiger partial charge on any atom is -0.299 e. The molecule has 0 radical (unpaired) electrons. The molecule has 1 aromatic heterocycles. The Hall–Kier alpha value is -1.76. The van der Waals surface area contributed by atoms with Crippen LogP contribution in [-0.2, 0) is 29.4 Å². The molecule has 6 heteroatoms. The molecule has 0 atom stereocenters. The highest BCUT2D eigenvalue weighted by Gasteiger charge is 2.19. The third kappa shape index (κ3) is 7.05. The van der Waals surface area contributed by atoms with Crippen molar-refractivity contribution in [1.29, 1.82) is 0 Å². The van der Waals surface area contributed by atoms with Crippen molar-refractivity contribution in [2.75, 3.05) is 25.9 Å². The van der Waals surface area contributed by atoms with Gasteiger partial charge in [-0.2, -0.15) is 0 Å². The van der Waals surface area contributed by atoms with Crippen LogP contribution in [0.3, 0.4) is 0 Å². The van der Waals surface area contributed by atoms with Gasteiger partial charge in [0.25, 0.3) is 0 Å². The molecule has 0 unspecified atom stereocenters. The summed E-state index contributed by atoms with van der Waals surface area (Å²) >= 11 is 0. The van der Waals surface area contributed by atoms with Crippen LogP contribution in [0.2, 0.25) is 0 Å². The normalized spacial score (nSPS) is 16.5. The zero-order chi connectivity index (χ0) is 19.1. The number of pyridine rings is 1. The predicted molar refractivity (Wildman–Crippen MR) is 109 cm³/mol. The second kappa shape index (κ2) is 9.44. The summed E-state index contributed by atoms with van der Waals surface area (Å²) in [4.78, 5) is 6.72. The van der Waals surface area contributed by atoms with E-state index in [1.165, 1.54) is 35.8 Å². The highest BCUT2D eigenvalue weighted by Crippen LogP contribution is 2.23. The Morgan fingerprint density at radius 2 is 1.78 bits per heavy atom. The fourth-order valence-electron chi connectivity index (χ4n) is 3.65. The number of benzene rings is 1. The van der Waals surface area contributed by atoms with Gasteiger partial charge in [-0.3, -0.25) is 9.88 Å². The topological polar surface area (TPSA) is 62.3 Å². The molecule has 1 aliphatic heterocycles. The van der Waals surface area contributed by atoms with Crippen LogP contribution in [0.5, 0.6) is 0 Å². The Morgan fingerprint density at radius 3 is 2.41 bits per heavy atom. The molecule has 2 heterocycles. The molecule has 1 aliphatic rings. The van der Waals surface area contributed by atoms with Crippen molar-refractivity contribution in [1.82, 2.24) is 14.6 Å². The van der Waals surface area contributed by atoms with Crippen molar-refractivity contribution in [2.24, 2.45) is 5.92 Å². The van der Waals surface area contributed by atoms with Crippen LogP contribution in [0.25, 0.3) is 0 Å². The lowest BCUT2D eigenvalue weighted by molar-refractivity contribution is 0.177. The van der Waals surface area contributed by atoms with E-state index in [1.807, 2.05) is 18.5 Å². The van der Waals surface area contributed by atoms with Gasteiger partial charge in [0, 0.05) is 25.5 Å². The Bertz CT molecular complexity index is 799. The first-order chi connectivity index (χ1) is 13.0. The van der Waals surface area contributed by atoms with E-state index in [-0.39, 0.29) is 0 Å². The maximum atomic E-state index is 11.1. The Morgan fingerprint density at radius 1 is 1.07 bits per heavy atom. The molecule has 0 amide bonds. The Kier molecular flexibility index (Phi) is 6.99. The van der Waals surface area contributed by atoms with Crippen molar-refractivity contribution < 1.29 is 8.42 Å². The predicted octanol–water partition coefficient (Wildman–Crippen LogP) is 2.63. The van der Waals surface area contributed by atoms with E-state index in [2.05, 4.69) is 44.9 Å². The molecule has 146 valence electrons. The first-order valence-electron chi connectivity index (χ1n) is 9.62. The van der Waals surface area contributed by atoms with Crippen molar-refractivity contribution in [3.8, 4) is 0 Å². The van der Waals surface area contributed by atoms with E-state index < -0.39 is 10.0 Å². The second-order valence-corrected chi connectivity index (χ2v) is 9.35. The first kappa shape index (κ1) is 20.0. The molecule has 0 aliphatic carbocycles. The quantitative estimate of drug-likeness (QED) is 0.756. The van der Waals surface area contributed by atoms with Crippen LogP contribution in [0, 0.1) is 5.92 Å². The van der Waals surface area contributed by atoms with Gasteiger partial charge in [0.05, 0.1) is 6.26 Å². The third-order valence-corrected chi connectivity index (χ3v) is 5.89. The number of rotatable bonds is 8. The lowest BCUT2D eigenvalue weighted by Crippen LogP contribution is -2.33. The second-order valence-electron chi connectivity index (χ2n) is 7.52. The summed E-state index contributed by atoms with van der Waals surface area (Å²) in [5.41, 5.74) is 3.83. The Balaban J connectivity index is 1.41. The van der Waals surface area contributed by atoms with Gasteiger partial charge >= 0.3 is 0 Å². The van der Waals surface area contributed by atoms with E-state index in [0.29, 0.717) is 6.54 Å². The maximum Gasteiger partial charge on any atom is 0.208 e. The molecule has 0 spiro atoms. The summed E-state index contributed by atoms with van der Waals surface area (Å²) in [6.07, 6.45) is 9.30. The van der Waals surface area contributed by atoms with Gasteiger partial charge in [-0.05, 0) is 67.4 Å². The summed E-state index contributed by atoms with van der Waals surface area (Å²) in [7, 11) is -3.10. The number of nitrogens with one attached hydrogen (secondary N) is 1. The van der Waals surface area contributed by atoms with Gasteiger partial charge in [0.2, 0.25) is 10.0 Å². The van der Waals surface area contributed by atoms with Crippen LogP contribution < -0.4 is 4.72 Å². The average Bonchev–Trinajstić information content (AvgIpc) is 2.65. The summed E-state index contributed by atoms with van der Waals surface area (Å²) < 4.78 is 24.7. The zero-order valence-electron chi connectivity index (χ0n) is 16.0. The molecule has 3 rings (SSSR count). The third-order valence-electron chi connectivity index (χ3n) is 5.16.